The van der Waals surface area contributed by atoms with E-state index >= 15 is 0 Å². The maximum Gasteiger partial charge on any atom is 0.251 e. The van der Waals surface area contributed by atoms with Gasteiger partial charge in [0.05, 0.1) is 0 Å². The van der Waals surface area contributed by atoms with Crippen LogP contribution in [-0.2, 0) is 5.88 Å². The fourth-order valence-electron chi connectivity index (χ4n) is 1.81. The van der Waals surface area contributed by atoms with Gasteiger partial charge in [-0.15, -0.1) is 11.6 Å². The molecule has 1 aliphatic rings. The number of rotatable bonds is 4. The molecular weight excluding hydrogens is 222 g/mol. The topological polar surface area (TPSA) is 29.1 Å². The van der Waals surface area contributed by atoms with E-state index in [1.807, 2.05) is 24.3 Å². The van der Waals surface area contributed by atoms with E-state index in [9.17, 15) is 4.79 Å². The Morgan fingerprint density at radius 2 is 2.31 bits per heavy atom. The van der Waals surface area contributed by atoms with E-state index in [0.717, 1.165) is 18.0 Å². The van der Waals surface area contributed by atoms with E-state index in [-0.39, 0.29) is 5.91 Å². The van der Waals surface area contributed by atoms with Gasteiger partial charge < -0.3 is 5.32 Å². The van der Waals surface area contributed by atoms with Crippen LogP contribution in [0.3, 0.4) is 0 Å². The van der Waals surface area contributed by atoms with Gasteiger partial charge in [0.1, 0.15) is 0 Å². The predicted molar refractivity (Wildman–Crippen MR) is 65.6 cm³/mol. The van der Waals surface area contributed by atoms with Gasteiger partial charge in [0.15, 0.2) is 0 Å². The molecule has 2 nitrogen and oxygen atoms in total. The summed E-state index contributed by atoms with van der Waals surface area (Å²) >= 11 is 5.73. The van der Waals surface area contributed by atoms with Gasteiger partial charge in [0.2, 0.25) is 0 Å². The second-order valence-electron chi connectivity index (χ2n) is 4.52. The summed E-state index contributed by atoms with van der Waals surface area (Å²) in [5.74, 6) is 1.90. The van der Waals surface area contributed by atoms with Gasteiger partial charge in [0.25, 0.3) is 5.91 Å². The van der Waals surface area contributed by atoms with Crippen molar-refractivity contribution in [1.82, 2.24) is 5.32 Å². The Bertz CT molecular complexity index is 391. The van der Waals surface area contributed by atoms with Crippen molar-refractivity contribution in [1.29, 1.82) is 0 Å². The number of amides is 1. The molecule has 0 heterocycles. The first-order valence-corrected chi connectivity index (χ1v) is 6.17. The summed E-state index contributed by atoms with van der Waals surface area (Å²) < 4.78 is 0. The summed E-state index contributed by atoms with van der Waals surface area (Å²) in [5.41, 5.74) is 1.68. The van der Waals surface area contributed by atoms with Crippen LogP contribution in [0.25, 0.3) is 0 Å². The zero-order chi connectivity index (χ0) is 11.5. The fourth-order valence-corrected chi connectivity index (χ4v) is 1.97. The van der Waals surface area contributed by atoms with E-state index in [1.54, 1.807) is 0 Å². The summed E-state index contributed by atoms with van der Waals surface area (Å²) in [6.45, 7) is 3.01. The van der Waals surface area contributed by atoms with Crippen LogP contribution < -0.4 is 5.32 Å². The van der Waals surface area contributed by atoms with Crippen molar-refractivity contribution in [3.05, 3.63) is 35.4 Å². The van der Waals surface area contributed by atoms with Crippen LogP contribution in [0.5, 0.6) is 0 Å². The minimum atomic E-state index is 0.00562. The fraction of sp³-hybridized carbons (Fsp3) is 0.462. The molecule has 3 heteroatoms. The third-order valence-corrected chi connectivity index (χ3v) is 3.45. The summed E-state index contributed by atoms with van der Waals surface area (Å²) in [6, 6.07) is 7.46. The first kappa shape index (κ1) is 11.5. The average molecular weight is 238 g/mol. The van der Waals surface area contributed by atoms with E-state index in [0.29, 0.717) is 17.4 Å². The van der Waals surface area contributed by atoms with Gasteiger partial charge in [-0.25, -0.2) is 0 Å². The molecular formula is C13H16ClNO. The highest BCUT2D eigenvalue weighted by molar-refractivity contribution is 6.17. The standard InChI is InChI=1S/C13H16ClNO/c1-9-5-12(9)8-15-13(16)11-4-2-3-10(6-11)7-14/h2-4,6,9,12H,5,7-8H2,1H3,(H,15,16). The third-order valence-electron chi connectivity index (χ3n) is 3.14. The molecule has 0 radical (unpaired) electrons. The summed E-state index contributed by atoms with van der Waals surface area (Å²) in [7, 11) is 0. The molecule has 2 rings (SSSR count). The van der Waals surface area contributed by atoms with Crippen molar-refractivity contribution in [2.45, 2.75) is 19.2 Å². The lowest BCUT2D eigenvalue weighted by Crippen LogP contribution is -2.25. The van der Waals surface area contributed by atoms with E-state index in [2.05, 4.69) is 12.2 Å². The molecule has 1 aromatic rings. The molecule has 2 atom stereocenters. The largest absolute Gasteiger partial charge is 0.352 e. The Labute approximate surface area is 101 Å². The van der Waals surface area contributed by atoms with Crippen LogP contribution >= 0.6 is 11.6 Å². The van der Waals surface area contributed by atoms with Crippen molar-refractivity contribution in [3.63, 3.8) is 0 Å². The van der Waals surface area contributed by atoms with E-state index in [4.69, 9.17) is 11.6 Å². The highest BCUT2D eigenvalue weighted by Crippen LogP contribution is 2.36. The van der Waals surface area contributed by atoms with Gasteiger partial charge in [-0.2, -0.15) is 0 Å². The first-order valence-electron chi connectivity index (χ1n) is 5.64. The average Bonchev–Trinajstić information content (AvgIpc) is 3.02. The first-order chi connectivity index (χ1) is 7.70. The van der Waals surface area contributed by atoms with Gasteiger partial charge in [-0.1, -0.05) is 19.1 Å². The van der Waals surface area contributed by atoms with Gasteiger partial charge in [-0.05, 0) is 36.0 Å². The van der Waals surface area contributed by atoms with Crippen molar-refractivity contribution in [2.24, 2.45) is 11.8 Å². The number of nitrogens with one attached hydrogen (secondary N) is 1. The molecule has 16 heavy (non-hydrogen) atoms. The normalized spacial score (nSPS) is 22.9. The Morgan fingerprint density at radius 3 is 2.94 bits per heavy atom. The number of carbonyl (C=O) groups is 1. The van der Waals surface area contributed by atoms with E-state index < -0.39 is 0 Å². The maximum atomic E-state index is 11.8. The Morgan fingerprint density at radius 1 is 1.56 bits per heavy atom. The number of carbonyl (C=O) groups excluding carboxylic acids is 1. The molecule has 1 amide bonds. The van der Waals surface area contributed by atoms with E-state index in [1.165, 1.54) is 6.42 Å². The Hall–Kier alpha value is -1.02. The van der Waals surface area contributed by atoms with Crippen LogP contribution in [0.15, 0.2) is 24.3 Å². The molecule has 2 unspecified atom stereocenters. The molecule has 1 N–H and O–H groups in total. The summed E-state index contributed by atoms with van der Waals surface area (Å²) in [4.78, 5) is 11.8. The molecule has 0 aromatic heterocycles. The number of alkyl halides is 1. The molecule has 1 saturated carbocycles. The second-order valence-corrected chi connectivity index (χ2v) is 4.78. The smallest absolute Gasteiger partial charge is 0.251 e. The van der Waals surface area contributed by atoms with Gasteiger partial charge >= 0.3 is 0 Å². The molecule has 1 aromatic carbocycles. The predicted octanol–water partition coefficient (Wildman–Crippen LogP) is 2.81. The van der Waals surface area contributed by atoms with Gasteiger partial charge in [-0.3, -0.25) is 4.79 Å². The number of hydrogen-bond donors (Lipinski definition) is 1. The molecule has 86 valence electrons. The van der Waals surface area contributed by atoms with Crippen molar-refractivity contribution in [3.8, 4) is 0 Å². The molecule has 0 spiro atoms. The van der Waals surface area contributed by atoms with Crippen LogP contribution in [0.2, 0.25) is 0 Å². The maximum absolute atomic E-state index is 11.8. The van der Waals surface area contributed by atoms with Crippen LogP contribution in [0.1, 0.15) is 29.3 Å². The Balaban J connectivity index is 1.92. The SMILES string of the molecule is CC1CC1CNC(=O)c1cccc(CCl)c1. The quantitative estimate of drug-likeness (QED) is 0.802. The summed E-state index contributed by atoms with van der Waals surface area (Å²) in [6.07, 6.45) is 1.24. The molecule has 1 aliphatic carbocycles. The highest BCUT2D eigenvalue weighted by Gasteiger charge is 2.32. The van der Waals surface area contributed by atoms with Crippen LogP contribution in [0, 0.1) is 11.8 Å². The number of benzene rings is 1. The zero-order valence-electron chi connectivity index (χ0n) is 9.37. The van der Waals surface area contributed by atoms with Crippen molar-refractivity contribution >= 4 is 17.5 Å². The molecule has 1 fully saturated rings. The minimum Gasteiger partial charge on any atom is -0.352 e. The number of hydrogen-bond acceptors (Lipinski definition) is 1. The van der Waals surface area contributed by atoms with Crippen LogP contribution in [0.4, 0.5) is 0 Å². The third kappa shape index (κ3) is 2.76. The molecule has 0 aliphatic heterocycles. The lowest BCUT2D eigenvalue weighted by molar-refractivity contribution is 0.0951. The lowest BCUT2D eigenvalue weighted by Gasteiger charge is -2.05. The number of halogens is 1. The summed E-state index contributed by atoms with van der Waals surface area (Å²) in [5, 5.41) is 2.96. The van der Waals surface area contributed by atoms with Crippen molar-refractivity contribution < 1.29 is 4.79 Å². The molecule has 0 bridgehead atoms. The minimum absolute atomic E-state index is 0.00562. The van der Waals surface area contributed by atoms with Crippen molar-refractivity contribution in [2.75, 3.05) is 6.54 Å². The molecule has 0 saturated heterocycles. The second kappa shape index (κ2) is 4.88. The van der Waals surface area contributed by atoms with Gasteiger partial charge in [0, 0.05) is 18.0 Å². The monoisotopic (exact) mass is 237 g/mol. The lowest BCUT2D eigenvalue weighted by atomic mass is 10.1. The highest BCUT2D eigenvalue weighted by atomic mass is 35.5. The van der Waals surface area contributed by atoms with Crippen LogP contribution in [-0.4, -0.2) is 12.5 Å². The Kier molecular flexibility index (Phi) is 3.49. The zero-order valence-corrected chi connectivity index (χ0v) is 10.1.